The van der Waals surface area contributed by atoms with E-state index in [1.54, 1.807) is 105 Å². The Morgan fingerprint density at radius 2 is 1.07 bits per heavy atom. The van der Waals surface area contributed by atoms with Crippen LogP contribution in [0.4, 0.5) is 85.4 Å². The van der Waals surface area contributed by atoms with Crippen molar-refractivity contribution in [1.82, 2.24) is 139 Å². The standard InChI is InChI=1S/C6H9N5O.C6H7N5.C6H6N4O2.C6H6N4O.C6H8N4O.C6H5N3O2.2C5H8N4.3C5H7N3O.C5H6N2O2/c1-10-2-3-11-4(7)8-5(12)9-6(10)11;7-5-4-3(1-2-9-4)10-6(8)11-5;1-10-2-7-3-4(10)8-6(12)9-5(3)11;7-5-4-3(1-2-8-4)9-6(11)10-5;7-5-8-4-2-1-3-10(4)6(11)9-5;10-5-4-3(1-2-7-4)8-6(11)9-5;2*1-3-2-8-5(7)9-4(3)6;1-8-3-2-4(9)7-5(8)6;1-3-5(6)8-4(9)2-7-3;1-3-5(9)8-4(6)2-7-3;1-7-3-2-4(8)6-5(7)9/h2-3,6H,1H3,(H3,7,8,9,12);2H,1H2,(H4,7,8,10,11);2H,1H3,(H2,8,9,11,12);2H,1H2,(H3,7,9,10,11);1,3-4H,2H2,(H3,7,8,9,11);2H,1H2,(H2,8,9,10,11);2*2H,1H3,(H4,6,7,8,9);2-3H,1H3,(H2,6,7,9);2*2H,1H3,(H3,6,8,9);2-3H,1H3,(H,6,8,9). The number of aromatic amines is 8. The molecule has 2 atom stereocenters. The average Bonchev–Trinajstić information content (AvgIpc) is 1.66. The van der Waals surface area contributed by atoms with Crippen LogP contribution in [0.3, 0.4) is 0 Å². The van der Waals surface area contributed by atoms with Gasteiger partial charge in [0.15, 0.2) is 29.4 Å². The minimum atomic E-state index is -0.517. The summed E-state index contributed by atoms with van der Waals surface area (Å²) in [5.41, 5.74) is 62.1. The van der Waals surface area contributed by atoms with Crippen molar-refractivity contribution < 1.29 is 9.59 Å². The van der Waals surface area contributed by atoms with Crippen LogP contribution >= 0.6 is 0 Å². The molecular formula is C66H84N44O12. The maximum atomic E-state index is 11.1. The molecule has 56 nitrogen and oxygen atoms in total. The molecule has 0 bridgehead atoms. The molecule has 18 rings (SSSR count). The van der Waals surface area contributed by atoms with Gasteiger partial charge in [-0.15, -0.1) is 0 Å². The number of carbonyl (C=O) groups excluding carboxylic acids is 2. The van der Waals surface area contributed by atoms with Crippen molar-refractivity contribution in [3.63, 3.8) is 0 Å². The van der Waals surface area contributed by atoms with Gasteiger partial charge in [0.2, 0.25) is 29.8 Å². The van der Waals surface area contributed by atoms with Gasteiger partial charge in [-0.3, -0.25) is 105 Å². The fraction of sp³-hybridized carbons (Fsp3) is 0.212. The van der Waals surface area contributed by atoms with Gasteiger partial charge in [0, 0.05) is 139 Å². The zero-order valence-electron chi connectivity index (χ0n) is 65.9. The van der Waals surface area contributed by atoms with Crippen LogP contribution in [0.5, 0.6) is 0 Å². The normalized spacial score (nSPS) is 14.0. The number of nitrogens with zero attached hydrogens (tertiary/aromatic N) is 21. The summed E-state index contributed by atoms with van der Waals surface area (Å²) in [5, 5.41) is 14.8. The largest absolute Gasteiger partial charge is 0.384 e. The number of H-pyrrole nitrogens is 8. The van der Waals surface area contributed by atoms with Crippen LogP contribution in [0.15, 0.2) is 148 Å². The van der Waals surface area contributed by atoms with Crippen molar-refractivity contribution in [3.05, 3.63) is 224 Å². The van der Waals surface area contributed by atoms with Crippen molar-refractivity contribution in [1.29, 1.82) is 5.41 Å². The van der Waals surface area contributed by atoms with E-state index in [0.717, 1.165) is 28.9 Å². The summed E-state index contributed by atoms with van der Waals surface area (Å²) in [4.78, 5) is 209. The monoisotopic (exact) mass is 1680 g/mol. The Kier molecular flexibility index (Phi) is 31.3. The molecule has 0 radical (unpaired) electrons. The highest BCUT2D eigenvalue weighted by Gasteiger charge is 2.33. The van der Waals surface area contributed by atoms with E-state index in [0.29, 0.717) is 88.1 Å². The Balaban J connectivity index is 0.000000183. The van der Waals surface area contributed by atoms with E-state index in [4.69, 9.17) is 68.5 Å². The first-order valence-corrected chi connectivity index (χ1v) is 34.8. The third-order valence-corrected chi connectivity index (χ3v) is 15.8. The molecule has 2 unspecified atom stereocenters. The number of aromatic nitrogens is 22. The van der Waals surface area contributed by atoms with E-state index in [1.165, 1.54) is 46.5 Å². The molecule has 640 valence electrons. The fourth-order valence-electron chi connectivity index (χ4n) is 9.47. The molecule has 34 N–H and O–H groups in total. The fourth-order valence-corrected chi connectivity index (χ4v) is 9.47. The van der Waals surface area contributed by atoms with Gasteiger partial charge in [-0.05, 0) is 27.7 Å². The highest BCUT2D eigenvalue weighted by atomic mass is 16.2. The molecular weight excluding hydrogens is 1600 g/mol. The third-order valence-electron chi connectivity index (χ3n) is 15.8. The Morgan fingerprint density at radius 3 is 1.66 bits per heavy atom. The number of urea groups is 2. The molecule has 0 spiro atoms. The van der Waals surface area contributed by atoms with Gasteiger partial charge in [-0.1, -0.05) is 6.08 Å². The summed E-state index contributed by atoms with van der Waals surface area (Å²) < 4.78 is 4.44. The zero-order valence-corrected chi connectivity index (χ0v) is 65.9. The van der Waals surface area contributed by atoms with Gasteiger partial charge >= 0.3 is 34.8 Å². The van der Waals surface area contributed by atoms with Crippen LogP contribution in [0, 0.1) is 33.1 Å². The molecule has 56 heteroatoms. The van der Waals surface area contributed by atoms with Crippen molar-refractivity contribution in [3.8, 4) is 0 Å². The molecule has 18 heterocycles. The Morgan fingerprint density at radius 1 is 0.484 bits per heavy atom. The van der Waals surface area contributed by atoms with Crippen molar-refractivity contribution in [2.45, 2.75) is 65.8 Å². The van der Waals surface area contributed by atoms with Crippen LogP contribution < -0.4 is 135 Å². The van der Waals surface area contributed by atoms with Gasteiger partial charge in [-0.25, -0.2) is 53.7 Å². The van der Waals surface area contributed by atoms with Gasteiger partial charge in [-0.2, -0.15) is 24.9 Å². The number of imidazole rings is 1. The number of anilines is 10. The first kappa shape index (κ1) is 91.2. The molecule has 1 fully saturated rings. The number of aliphatic imine (C=N–C) groups is 4. The van der Waals surface area contributed by atoms with E-state index >= 15 is 0 Å². The first-order chi connectivity index (χ1) is 57.6. The molecule has 0 aromatic carbocycles. The lowest BCUT2D eigenvalue weighted by Crippen LogP contribution is -2.64. The summed E-state index contributed by atoms with van der Waals surface area (Å²) in [6.07, 6.45) is 24.7. The topological polar surface area (TPSA) is 893 Å². The van der Waals surface area contributed by atoms with E-state index in [9.17, 15) is 57.5 Å². The third kappa shape index (κ3) is 26.6. The lowest BCUT2D eigenvalue weighted by molar-refractivity contribution is 0.170. The second-order valence-corrected chi connectivity index (χ2v) is 25.0. The number of carbonyl (C=O) groups is 2. The number of guanidine groups is 2. The molecule has 1 saturated heterocycles. The molecule has 7 aliphatic rings. The Labute approximate surface area is 682 Å². The van der Waals surface area contributed by atoms with Gasteiger partial charge in [0.25, 0.3) is 33.4 Å². The first-order valence-electron chi connectivity index (χ1n) is 34.8. The van der Waals surface area contributed by atoms with E-state index in [1.807, 2.05) is 31.9 Å². The van der Waals surface area contributed by atoms with E-state index < -0.39 is 28.2 Å². The molecule has 7 aliphatic heterocycles. The van der Waals surface area contributed by atoms with Crippen LogP contribution in [-0.4, -0.2) is 185 Å². The highest BCUT2D eigenvalue weighted by molar-refractivity contribution is 5.98. The Bertz CT molecular complexity index is 6390. The quantitative estimate of drug-likeness (QED) is 0.0673. The minimum absolute atomic E-state index is 0.101. The maximum absolute atomic E-state index is 11.1. The number of rotatable bonds is 0. The van der Waals surface area contributed by atoms with Crippen molar-refractivity contribution in [2.24, 2.45) is 46.8 Å². The van der Waals surface area contributed by atoms with E-state index in [2.05, 4.69) is 131 Å². The van der Waals surface area contributed by atoms with Crippen LogP contribution in [0.1, 0.15) is 46.0 Å². The van der Waals surface area contributed by atoms with Crippen LogP contribution in [0.25, 0.3) is 11.2 Å². The second-order valence-electron chi connectivity index (χ2n) is 25.0. The van der Waals surface area contributed by atoms with Crippen molar-refractivity contribution >= 4 is 130 Å². The summed E-state index contributed by atoms with van der Waals surface area (Å²) in [5.74, 6) is 3.30. The lowest BCUT2D eigenvalue weighted by Gasteiger charge is -2.34. The number of nitrogens with one attached hydrogen (secondary N) is 12. The molecule has 0 saturated carbocycles. The number of amides is 4. The van der Waals surface area contributed by atoms with Crippen LogP contribution in [-0.2, 0) is 40.4 Å². The lowest BCUT2D eigenvalue weighted by atomic mass is 10.3. The predicted octanol–water partition coefficient (Wildman–Crippen LogP) is -5.76. The number of aryl methyl sites for hydroxylation is 7. The number of nitrogen functional groups attached to an aromatic ring is 10. The van der Waals surface area contributed by atoms with Gasteiger partial charge < -0.3 is 102 Å². The van der Waals surface area contributed by atoms with Crippen LogP contribution in [0.2, 0.25) is 0 Å². The zero-order chi connectivity index (χ0) is 89.9. The molecule has 4 amide bonds. The summed E-state index contributed by atoms with van der Waals surface area (Å²) in [6, 6.07) is 2.12. The number of fused-ring (bicyclic) bond motifs is 6. The maximum Gasteiger partial charge on any atom is 0.347 e. The smallest absolute Gasteiger partial charge is 0.347 e. The van der Waals surface area contributed by atoms with Gasteiger partial charge in [0.1, 0.15) is 57.8 Å². The number of nitrogens with two attached hydrogens (primary N) is 11. The molecule has 0 aliphatic carbocycles. The predicted molar refractivity (Wildman–Crippen MR) is 452 cm³/mol. The molecule has 122 heavy (non-hydrogen) atoms. The number of hydrogen-bond donors (Lipinski definition) is 23. The second kappa shape index (κ2) is 41.9. The minimum Gasteiger partial charge on any atom is -0.384 e. The molecule has 11 aromatic rings. The summed E-state index contributed by atoms with van der Waals surface area (Å²) in [7, 11) is 6.82. The summed E-state index contributed by atoms with van der Waals surface area (Å²) in [6.45, 7) is 7.01. The summed E-state index contributed by atoms with van der Waals surface area (Å²) >= 11 is 0. The SMILES string of the molecule is CN1C=CN2C(=N)NC(=O)NC12.Cc1cnc(N)nc1N.Cc1cnc(N)nc1N.Cc1ncc(=O)[nH]c1N.Cc1ncc(N)[nH]c1=O.Cn1ccc(=O)[nH]c1=O.Cn1ccc(=O)nc1N.Cn1cnc2c(=O)[nH]c(=O)[nH]c21.NC1=NC2CC=CN2C(=O)N1.Nc1nc(=O)[nH]c2c1N=CC2.Nc1nc(N)c2c(n1)CC=N2.O=c1[nH]c2c(c(=O)[nH]1)N=CC2. The number of hydrogen-bond acceptors (Lipinski definition) is 40. The highest BCUT2D eigenvalue weighted by Crippen LogP contribution is 2.28. The van der Waals surface area contributed by atoms with Gasteiger partial charge in [0.05, 0.1) is 41.5 Å². The Hall–Kier alpha value is -18.0. The average molecular weight is 1690 g/mol. The van der Waals surface area contributed by atoms with Crippen molar-refractivity contribution in [2.75, 3.05) is 64.4 Å². The van der Waals surface area contributed by atoms with E-state index in [-0.39, 0.29) is 99.5 Å². The molecule has 11 aromatic heterocycles.